The highest BCUT2D eigenvalue weighted by Gasteiger charge is 2.25. The van der Waals surface area contributed by atoms with Crippen molar-refractivity contribution in [2.24, 2.45) is 5.73 Å². The van der Waals surface area contributed by atoms with E-state index in [4.69, 9.17) is 5.73 Å². The zero-order valence-corrected chi connectivity index (χ0v) is 12.1. The number of hydrogen-bond donors (Lipinski definition) is 3. The molecule has 0 radical (unpaired) electrons. The lowest BCUT2D eigenvalue weighted by Crippen LogP contribution is -2.50. The molecule has 0 aromatic carbocycles. The van der Waals surface area contributed by atoms with Crippen LogP contribution in [0.2, 0.25) is 0 Å². The fraction of sp³-hybridized carbons (Fsp3) is 0.769. The van der Waals surface area contributed by atoms with E-state index in [0.717, 1.165) is 19.3 Å². The van der Waals surface area contributed by atoms with Gasteiger partial charge < -0.3 is 21.3 Å². The average Bonchev–Trinajstić information content (AvgIpc) is 2.46. The van der Waals surface area contributed by atoms with Crippen LogP contribution in [0.1, 0.15) is 32.6 Å². The summed E-state index contributed by atoms with van der Waals surface area (Å²) in [5.41, 5.74) is 5.78. The highest BCUT2D eigenvalue weighted by molar-refractivity contribution is 5.91. The average molecular weight is 284 g/mol. The van der Waals surface area contributed by atoms with Gasteiger partial charge in [-0.2, -0.15) is 0 Å². The topological polar surface area (TPSA) is 105 Å². The third-order valence-corrected chi connectivity index (χ3v) is 3.41. The lowest BCUT2D eigenvalue weighted by atomic mass is 10.1. The summed E-state index contributed by atoms with van der Waals surface area (Å²) in [6.07, 6.45) is 3.00. The first-order valence-electron chi connectivity index (χ1n) is 7.01. The van der Waals surface area contributed by atoms with Gasteiger partial charge in [0.1, 0.15) is 6.04 Å². The van der Waals surface area contributed by atoms with Gasteiger partial charge in [-0.15, -0.1) is 0 Å². The summed E-state index contributed by atoms with van der Waals surface area (Å²) in [6, 6.07) is -1.48. The van der Waals surface area contributed by atoms with E-state index >= 15 is 0 Å². The van der Waals surface area contributed by atoms with Gasteiger partial charge in [0, 0.05) is 20.1 Å². The summed E-state index contributed by atoms with van der Waals surface area (Å²) in [4.78, 5) is 36.8. The highest BCUT2D eigenvalue weighted by atomic mass is 16.2. The van der Waals surface area contributed by atoms with Crippen molar-refractivity contribution in [1.29, 1.82) is 0 Å². The van der Waals surface area contributed by atoms with Crippen molar-refractivity contribution in [2.75, 3.05) is 20.1 Å². The second kappa shape index (κ2) is 7.84. The monoisotopic (exact) mass is 284 g/mol. The van der Waals surface area contributed by atoms with Gasteiger partial charge in [-0.3, -0.25) is 14.4 Å². The van der Waals surface area contributed by atoms with Gasteiger partial charge in [0.2, 0.25) is 17.7 Å². The Balaban J connectivity index is 2.40. The minimum absolute atomic E-state index is 0.101. The first kappa shape index (κ1) is 16.4. The van der Waals surface area contributed by atoms with Crippen molar-refractivity contribution in [2.45, 2.75) is 44.7 Å². The van der Waals surface area contributed by atoms with Crippen molar-refractivity contribution < 1.29 is 14.4 Å². The minimum Gasteiger partial charge on any atom is -0.357 e. The number of nitrogens with zero attached hydrogens (tertiary/aromatic N) is 1. The molecular weight excluding hydrogens is 260 g/mol. The first-order valence-corrected chi connectivity index (χ1v) is 7.01. The van der Waals surface area contributed by atoms with Gasteiger partial charge in [-0.05, 0) is 26.2 Å². The lowest BCUT2D eigenvalue weighted by Gasteiger charge is -2.29. The lowest BCUT2D eigenvalue weighted by molar-refractivity contribution is -0.136. The zero-order chi connectivity index (χ0) is 15.1. The van der Waals surface area contributed by atoms with Crippen LogP contribution in [0.25, 0.3) is 0 Å². The van der Waals surface area contributed by atoms with Crippen LogP contribution in [-0.4, -0.2) is 54.8 Å². The molecule has 20 heavy (non-hydrogen) atoms. The summed E-state index contributed by atoms with van der Waals surface area (Å²) in [6.45, 7) is 3.00. The standard InChI is InChI=1S/C13H24N4O3/c1-9(12(19)15-2)16-11(18)8-10(14)13(20)17-6-4-3-5-7-17/h9-10H,3-8,14H2,1-2H3,(H,15,19)(H,16,18)/t9-,10-/m0/s1. The van der Waals surface area contributed by atoms with Gasteiger partial charge >= 0.3 is 0 Å². The van der Waals surface area contributed by atoms with Crippen molar-refractivity contribution >= 4 is 17.7 Å². The Morgan fingerprint density at radius 1 is 1.20 bits per heavy atom. The zero-order valence-electron chi connectivity index (χ0n) is 12.1. The van der Waals surface area contributed by atoms with Crippen molar-refractivity contribution in [3.05, 3.63) is 0 Å². The number of hydrogen-bond acceptors (Lipinski definition) is 4. The van der Waals surface area contributed by atoms with Crippen LogP contribution in [0.5, 0.6) is 0 Å². The second-order valence-electron chi connectivity index (χ2n) is 5.10. The Kier molecular flexibility index (Phi) is 6.44. The molecule has 3 amide bonds. The van der Waals surface area contributed by atoms with Crippen LogP contribution in [0, 0.1) is 0 Å². The van der Waals surface area contributed by atoms with Crippen LogP contribution in [-0.2, 0) is 14.4 Å². The SMILES string of the molecule is CNC(=O)[C@H](C)NC(=O)C[C@H](N)C(=O)N1CCCCC1. The van der Waals surface area contributed by atoms with Crippen LogP contribution < -0.4 is 16.4 Å². The first-order chi connectivity index (χ1) is 9.45. The summed E-state index contributed by atoms with van der Waals surface area (Å²) in [7, 11) is 1.50. The summed E-state index contributed by atoms with van der Waals surface area (Å²) >= 11 is 0. The van der Waals surface area contributed by atoms with Crippen LogP contribution in [0.3, 0.4) is 0 Å². The molecule has 0 spiro atoms. The van der Waals surface area contributed by atoms with E-state index in [-0.39, 0.29) is 24.1 Å². The molecule has 1 fully saturated rings. The molecular formula is C13H24N4O3. The van der Waals surface area contributed by atoms with E-state index in [9.17, 15) is 14.4 Å². The summed E-state index contributed by atoms with van der Waals surface area (Å²) in [5, 5.41) is 4.96. The van der Waals surface area contributed by atoms with Crippen LogP contribution in [0.15, 0.2) is 0 Å². The molecule has 0 aromatic heterocycles. The molecule has 0 unspecified atom stereocenters. The molecule has 1 aliphatic heterocycles. The number of likely N-dealkylation sites (N-methyl/N-ethyl adjacent to an activating group) is 1. The van der Waals surface area contributed by atoms with Gasteiger partial charge in [0.15, 0.2) is 0 Å². The molecule has 114 valence electrons. The van der Waals surface area contributed by atoms with E-state index in [1.54, 1.807) is 11.8 Å². The van der Waals surface area contributed by atoms with Gasteiger partial charge in [-0.1, -0.05) is 0 Å². The number of piperidine rings is 1. The minimum atomic E-state index is -0.843. The molecule has 0 aromatic rings. The van der Waals surface area contributed by atoms with Crippen LogP contribution in [0.4, 0.5) is 0 Å². The molecule has 1 aliphatic rings. The number of carbonyl (C=O) groups is 3. The normalized spacial score (nSPS) is 18.1. The Labute approximate surface area is 119 Å². The molecule has 1 saturated heterocycles. The quantitative estimate of drug-likeness (QED) is 0.600. The van der Waals surface area contributed by atoms with Crippen LogP contribution >= 0.6 is 0 Å². The maximum atomic E-state index is 12.1. The smallest absolute Gasteiger partial charge is 0.242 e. The number of rotatable bonds is 5. The number of carbonyl (C=O) groups excluding carboxylic acids is 3. The summed E-state index contributed by atoms with van der Waals surface area (Å²) < 4.78 is 0. The number of nitrogens with two attached hydrogens (primary N) is 1. The van der Waals surface area contributed by atoms with E-state index in [2.05, 4.69) is 10.6 Å². The van der Waals surface area contributed by atoms with E-state index in [1.807, 2.05) is 0 Å². The number of nitrogens with one attached hydrogen (secondary N) is 2. The maximum absolute atomic E-state index is 12.1. The van der Waals surface area contributed by atoms with Crippen molar-refractivity contribution in [3.63, 3.8) is 0 Å². The fourth-order valence-corrected chi connectivity index (χ4v) is 2.22. The van der Waals surface area contributed by atoms with Gasteiger partial charge in [0.05, 0.1) is 12.5 Å². The molecule has 2 atom stereocenters. The highest BCUT2D eigenvalue weighted by Crippen LogP contribution is 2.10. The number of amides is 3. The van der Waals surface area contributed by atoms with Crippen molar-refractivity contribution in [1.82, 2.24) is 15.5 Å². The molecule has 0 aliphatic carbocycles. The Morgan fingerprint density at radius 2 is 1.80 bits per heavy atom. The molecule has 7 nitrogen and oxygen atoms in total. The molecule has 7 heteroatoms. The van der Waals surface area contributed by atoms with E-state index in [0.29, 0.717) is 13.1 Å². The molecule has 4 N–H and O–H groups in total. The largest absolute Gasteiger partial charge is 0.357 e. The summed E-state index contributed by atoms with van der Waals surface area (Å²) in [5.74, 6) is -0.860. The van der Waals surface area contributed by atoms with E-state index < -0.39 is 12.1 Å². The van der Waals surface area contributed by atoms with Gasteiger partial charge in [0.25, 0.3) is 0 Å². The van der Waals surface area contributed by atoms with E-state index in [1.165, 1.54) is 7.05 Å². The third-order valence-electron chi connectivity index (χ3n) is 3.41. The molecule has 0 saturated carbocycles. The van der Waals surface area contributed by atoms with Gasteiger partial charge in [-0.25, -0.2) is 0 Å². The Morgan fingerprint density at radius 3 is 2.35 bits per heavy atom. The Hall–Kier alpha value is -1.63. The van der Waals surface area contributed by atoms with Crippen molar-refractivity contribution in [3.8, 4) is 0 Å². The fourth-order valence-electron chi connectivity index (χ4n) is 2.22. The predicted octanol–water partition coefficient (Wildman–Crippen LogP) is -1.03. The maximum Gasteiger partial charge on any atom is 0.242 e. The Bertz CT molecular complexity index is 367. The predicted molar refractivity (Wildman–Crippen MR) is 74.7 cm³/mol. The third kappa shape index (κ3) is 4.80. The number of likely N-dealkylation sites (tertiary alicyclic amines) is 1. The second-order valence-corrected chi connectivity index (χ2v) is 5.10. The molecule has 1 rings (SSSR count). The molecule has 1 heterocycles. The molecule has 0 bridgehead atoms.